The van der Waals surface area contributed by atoms with E-state index in [-0.39, 0.29) is 17.3 Å². The summed E-state index contributed by atoms with van der Waals surface area (Å²) >= 11 is 0. The number of halogens is 6. The number of hydrogen-bond acceptors (Lipinski definition) is 6. The molecule has 0 aromatic carbocycles. The van der Waals surface area contributed by atoms with Gasteiger partial charge in [0, 0.05) is 31.4 Å². The van der Waals surface area contributed by atoms with Gasteiger partial charge in [-0.25, -0.2) is 9.97 Å². The zero-order valence-electron chi connectivity index (χ0n) is 15.0. The van der Waals surface area contributed by atoms with Crippen LogP contribution in [0.2, 0.25) is 0 Å². The van der Waals surface area contributed by atoms with Crippen LogP contribution < -0.4 is 4.90 Å². The predicted octanol–water partition coefficient (Wildman–Crippen LogP) is 1.96. The van der Waals surface area contributed by atoms with E-state index in [1.165, 1.54) is 12.4 Å². The number of rotatable bonds is 3. The molecule has 1 N–H and O–H groups in total. The minimum absolute atomic E-state index is 0.0669. The summed E-state index contributed by atoms with van der Waals surface area (Å²) in [6, 6.07) is -1.61. The fourth-order valence-corrected chi connectivity index (χ4v) is 3.45. The molecule has 0 spiro atoms. The molecule has 2 aliphatic heterocycles. The van der Waals surface area contributed by atoms with E-state index < -0.39 is 42.7 Å². The molecule has 29 heavy (non-hydrogen) atoms. The predicted molar refractivity (Wildman–Crippen MR) is 88.0 cm³/mol. The Balaban J connectivity index is 1.71. The highest BCUT2D eigenvalue weighted by atomic mass is 19.4. The summed E-state index contributed by atoms with van der Waals surface area (Å²) in [5, 5.41) is 13.6. The molecule has 158 valence electrons. The van der Waals surface area contributed by atoms with E-state index in [0.717, 1.165) is 13.1 Å². The normalized spacial score (nSPS) is 23.8. The number of nitrogens with zero attached hydrogens (tertiary/aromatic N) is 6. The summed E-state index contributed by atoms with van der Waals surface area (Å²) in [6.45, 7) is 0.935. The Bertz CT molecular complexity index is 906. The van der Waals surface area contributed by atoms with Crippen LogP contribution in [0, 0.1) is 0 Å². The maximum Gasteiger partial charge on any atom is 0.433 e. The fourth-order valence-electron chi connectivity index (χ4n) is 3.45. The average molecular weight is 422 g/mol. The van der Waals surface area contributed by atoms with Crippen LogP contribution in [0.3, 0.4) is 0 Å². The van der Waals surface area contributed by atoms with E-state index in [1.807, 2.05) is 11.9 Å². The zero-order chi connectivity index (χ0) is 21.1. The van der Waals surface area contributed by atoms with Crippen LogP contribution in [0.25, 0.3) is 11.3 Å². The van der Waals surface area contributed by atoms with Gasteiger partial charge in [0.15, 0.2) is 11.7 Å². The SMILES string of the molecule is CN1CC(n2cc(-c3cc(C(F)(F)F)nc(N4CC(O)C4C(F)(F)F)n3)cn2)C1. The van der Waals surface area contributed by atoms with Gasteiger partial charge in [-0.3, -0.25) is 4.68 Å². The lowest BCUT2D eigenvalue weighted by Crippen LogP contribution is -2.67. The first-order chi connectivity index (χ1) is 13.4. The Labute approximate surface area is 160 Å². The number of aromatic nitrogens is 4. The van der Waals surface area contributed by atoms with Crippen molar-refractivity contribution < 1.29 is 31.4 Å². The molecule has 2 saturated heterocycles. The minimum atomic E-state index is -4.88. The quantitative estimate of drug-likeness (QED) is 0.763. The highest BCUT2D eigenvalue weighted by molar-refractivity contribution is 5.60. The number of anilines is 1. The smallest absolute Gasteiger partial charge is 0.389 e. The molecule has 2 fully saturated rings. The second kappa shape index (κ2) is 6.55. The third-order valence-electron chi connectivity index (χ3n) is 5.00. The molecule has 0 saturated carbocycles. The number of aliphatic hydroxyl groups excluding tert-OH is 1. The van der Waals surface area contributed by atoms with E-state index in [2.05, 4.69) is 15.1 Å². The van der Waals surface area contributed by atoms with Crippen LogP contribution in [-0.4, -0.2) is 74.8 Å². The molecule has 2 aliphatic rings. The molecule has 0 aliphatic carbocycles. The van der Waals surface area contributed by atoms with Gasteiger partial charge < -0.3 is 14.9 Å². The monoisotopic (exact) mass is 422 g/mol. The Morgan fingerprint density at radius 1 is 1.07 bits per heavy atom. The number of β-amino-alcohol motifs (C(OH)–C–C–N with tert-alkyl or cyclic N) is 1. The van der Waals surface area contributed by atoms with Gasteiger partial charge >= 0.3 is 12.4 Å². The van der Waals surface area contributed by atoms with Crippen LogP contribution in [0.1, 0.15) is 11.7 Å². The van der Waals surface area contributed by atoms with Crippen LogP contribution in [-0.2, 0) is 6.18 Å². The molecule has 13 heteroatoms. The van der Waals surface area contributed by atoms with Crippen molar-refractivity contribution in [3.05, 3.63) is 24.2 Å². The molecule has 2 atom stereocenters. The van der Waals surface area contributed by atoms with Gasteiger partial charge in [-0.15, -0.1) is 0 Å². The fraction of sp³-hybridized carbons (Fsp3) is 0.562. The lowest BCUT2D eigenvalue weighted by Gasteiger charge is -2.45. The zero-order valence-corrected chi connectivity index (χ0v) is 15.0. The molecule has 2 aromatic heterocycles. The van der Waals surface area contributed by atoms with Crippen molar-refractivity contribution in [2.24, 2.45) is 0 Å². The third-order valence-corrected chi connectivity index (χ3v) is 5.00. The maximum absolute atomic E-state index is 13.3. The van der Waals surface area contributed by atoms with Crippen molar-refractivity contribution in [3.63, 3.8) is 0 Å². The van der Waals surface area contributed by atoms with Crippen molar-refractivity contribution >= 4 is 5.95 Å². The van der Waals surface area contributed by atoms with Gasteiger partial charge in [-0.2, -0.15) is 31.4 Å². The van der Waals surface area contributed by atoms with Crippen molar-refractivity contribution in [1.29, 1.82) is 0 Å². The van der Waals surface area contributed by atoms with Crippen LogP contribution in [0.15, 0.2) is 18.5 Å². The lowest BCUT2D eigenvalue weighted by atomic mass is 9.99. The van der Waals surface area contributed by atoms with Gasteiger partial charge in [0.2, 0.25) is 5.95 Å². The van der Waals surface area contributed by atoms with Crippen molar-refractivity contribution in [1.82, 2.24) is 24.6 Å². The molecule has 0 amide bonds. The molecule has 2 aromatic rings. The van der Waals surface area contributed by atoms with Crippen LogP contribution in [0.5, 0.6) is 0 Å². The van der Waals surface area contributed by atoms with E-state index in [1.54, 1.807) is 4.68 Å². The van der Waals surface area contributed by atoms with E-state index in [9.17, 15) is 31.4 Å². The first-order valence-corrected chi connectivity index (χ1v) is 8.64. The summed E-state index contributed by atoms with van der Waals surface area (Å²) in [5.41, 5.74) is -1.32. The van der Waals surface area contributed by atoms with E-state index >= 15 is 0 Å². The molecule has 0 bridgehead atoms. The largest absolute Gasteiger partial charge is 0.433 e. The van der Waals surface area contributed by atoms with E-state index in [4.69, 9.17) is 0 Å². The number of alkyl halides is 6. The van der Waals surface area contributed by atoms with Crippen LogP contribution >= 0.6 is 0 Å². The maximum atomic E-state index is 13.3. The topological polar surface area (TPSA) is 70.3 Å². The molecule has 2 unspecified atom stereocenters. The van der Waals surface area contributed by atoms with Crippen molar-refractivity contribution in [3.8, 4) is 11.3 Å². The van der Waals surface area contributed by atoms with Crippen molar-refractivity contribution in [2.75, 3.05) is 31.6 Å². The standard InChI is InChI=1S/C16H16F6N6O/c1-26-5-9(6-26)28-4-8(3-23-28)10-2-12(15(17,18)19)25-14(24-10)27-7-11(29)13(27)16(20,21)22/h2-4,9,11,13,29H,5-7H2,1H3. The third kappa shape index (κ3) is 3.64. The molecular formula is C16H16F6N6O. The second-order valence-corrected chi connectivity index (χ2v) is 7.23. The summed E-state index contributed by atoms with van der Waals surface area (Å²) in [6.07, 6.45) is -8.64. The Morgan fingerprint density at radius 2 is 1.76 bits per heavy atom. The van der Waals surface area contributed by atoms with Crippen molar-refractivity contribution in [2.45, 2.75) is 30.5 Å². The number of aliphatic hydroxyl groups is 1. The second-order valence-electron chi connectivity index (χ2n) is 7.23. The van der Waals surface area contributed by atoms with Gasteiger partial charge in [0.1, 0.15) is 6.10 Å². The van der Waals surface area contributed by atoms with Gasteiger partial charge in [0.25, 0.3) is 0 Å². The molecule has 4 rings (SSSR count). The molecule has 0 radical (unpaired) electrons. The summed E-state index contributed by atoms with van der Waals surface area (Å²) in [5.74, 6) is -0.737. The number of hydrogen-bond donors (Lipinski definition) is 1. The molecule has 7 nitrogen and oxygen atoms in total. The van der Waals surface area contributed by atoms with Gasteiger partial charge in [-0.1, -0.05) is 0 Å². The lowest BCUT2D eigenvalue weighted by molar-refractivity contribution is -0.186. The Hall–Kier alpha value is -2.41. The first-order valence-electron chi connectivity index (χ1n) is 8.64. The Morgan fingerprint density at radius 3 is 2.31 bits per heavy atom. The first kappa shape index (κ1) is 19.9. The Kier molecular flexibility index (Phi) is 4.49. The molecule has 4 heterocycles. The number of likely N-dealkylation sites (N-methyl/N-ethyl adjacent to an activating group) is 1. The van der Waals surface area contributed by atoms with Gasteiger partial charge in [0.05, 0.1) is 17.9 Å². The molecular weight excluding hydrogens is 406 g/mol. The highest BCUT2D eigenvalue weighted by Gasteiger charge is 2.56. The highest BCUT2D eigenvalue weighted by Crippen LogP contribution is 2.38. The van der Waals surface area contributed by atoms with Gasteiger partial charge in [-0.05, 0) is 13.1 Å². The summed E-state index contributed by atoms with van der Waals surface area (Å²) in [7, 11) is 1.91. The summed E-state index contributed by atoms with van der Waals surface area (Å²) in [4.78, 5) is 9.74. The average Bonchev–Trinajstić information content (AvgIpc) is 3.03. The van der Waals surface area contributed by atoms with E-state index in [0.29, 0.717) is 11.0 Å². The van der Waals surface area contributed by atoms with Crippen LogP contribution in [0.4, 0.5) is 32.3 Å². The minimum Gasteiger partial charge on any atom is -0.389 e. The summed E-state index contributed by atoms with van der Waals surface area (Å²) < 4.78 is 80.8. The number of likely N-dealkylation sites (tertiary alicyclic amines) is 1.